The van der Waals surface area contributed by atoms with Crippen molar-refractivity contribution in [3.63, 3.8) is 0 Å². The molecule has 17 heavy (non-hydrogen) atoms. The number of methoxy groups -OCH3 is 1. The van der Waals surface area contributed by atoms with Crippen LogP contribution >= 0.6 is 15.9 Å². The number of ketones is 1. The van der Waals surface area contributed by atoms with E-state index < -0.39 is 29.1 Å². The molecule has 0 aromatic heterocycles. The van der Waals surface area contributed by atoms with E-state index in [1.165, 1.54) is 0 Å². The van der Waals surface area contributed by atoms with Gasteiger partial charge in [0.25, 0.3) is 0 Å². The summed E-state index contributed by atoms with van der Waals surface area (Å²) in [5.74, 6) is -2.88. The van der Waals surface area contributed by atoms with E-state index >= 15 is 0 Å². The third-order valence-electron chi connectivity index (χ3n) is 2.02. The lowest BCUT2D eigenvalue weighted by molar-refractivity contribution is -0.141. The Labute approximate surface area is 103 Å². The van der Waals surface area contributed by atoms with Gasteiger partial charge in [-0.25, -0.2) is 4.39 Å². The predicted octanol–water partition coefficient (Wildman–Crippen LogP) is 3.43. The molecule has 7 heteroatoms. The molecule has 1 aromatic rings. The molecule has 1 aromatic carbocycles. The number of hydrogen-bond acceptors (Lipinski definition) is 2. The molecule has 0 bridgehead atoms. The molecule has 0 saturated carbocycles. The van der Waals surface area contributed by atoms with E-state index in [4.69, 9.17) is 0 Å². The number of carbonyl (C=O) groups excluding carboxylic acids is 1. The number of ether oxygens (including phenoxy) is 1. The first kappa shape index (κ1) is 14.0. The van der Waals surface area contributed by atoms with Crippen molar-refractivity contribution in [3.05, 3.63) is 29.1 Å². The van der Waals surface area contributed by atoms with Gasteiger partial charge in [-0.2, -0.15) is 13.2 Å². The number of rotatable bonds is 3. The zero-order valence-electron chi connectivity index (χ0n) is 8.57. The number of halogens is 5. The maximum atomic E-state index is 13.2. The van der Waals surface area contributed by atoms with Crippen molar-refractivity contribution in [2.45, 2.75) is 6.18 Å². The maximum Gasteiger partial charge on any atom is 0.422 e. The molecule has 0 aliphatic carbocycles. The minimum atomic E-state index is -4.92. The van der Waals surface area contributed by atoms with Crippen LogP contribution in [0.5, 0.6) is 5.75 Å². The average molecular weight is 315 g/mol. The molecular formula is C10H7BrF4O2. The molecule has 0 atom stereocenters. The summed E-state index contributed by atoms with van der Waals surface area (Å²) >= 11 is 2.83. The third-order valence-corrected chi connectivity index (χ3v) is 2.53. The van der Waals surface area contributed by atoms with Crippen molar-refractivity contribution in [2.24, 2.45) is 0 Å². The van der Waals surface area contributed by atoms with E-state index in [1.54, 1.807) is 0 Å². The summed E-state index contributed by atoms with van der Waals surface area (Å²) in [6.07, 6.45) is -4.92. The lowest BCUT2D eigenvalue weighted by Gasteiger charge is -2.15. The van der Waals surface area contributed by atoms with Crippen LogP contribution in [0.15, 0.2) is 12.1 Å². The van der Waals surface area contributed by atoms with Crippen LogP contribution in [0, 0.1) is 5.82 Å². The van der Waals surface area contributed by atoms with Crippen molar-refractivity contribution >= 4 is 21.7 Å². The second-order valence-corrected chi connectivity index (χ2v) is 3.62. The second kappa shape index (κ2) is 5.03. The summed E-state index contributed by atoms with van der Waals surface area (Å²) in [6.45, 7) is 0. The first-order valence-electron chi connectivity index (χ1n) is 4.35. The van der Waals surface area contributed by atoms with Crippen LogP contribution in [0.25, 0.3) is 0 Å². The lowest BCUT2D eigenvalue weighted by atomic mass is 10.0. The highest BCUT2D eigenvalue weighted by atomic mass is 79.9. The van der Waals surface area contributed by atoms with Crippen molar-refractivity contribution in [1.82, 2.24) is 0 Å². The Morgan fingerprint density at radius 3 is 2.41 bits per heavy atom. The van der Waals surface area contributed by atoms with Gasteiger partial charge in [0.05, 0.1) is 18.0 Å². The van der Waals surface area contributed by atoms with Crippen LogP contribution in [0.2, 0.25) is 0 Å². The fourth-order valence-electron chi connectivity index (χ4n) is 1.33. The molecule has 0 amide bonds. The monoisotopic (exact) mass is 314 g/mol. The standard InChI is InChI=1S/C10H7BrF4O2/c1-17-9-5(7(16)4-11)2-3-6(12)8(9)10(13,14)15/h2-3H,4H2,1H3. The predicted molar refractivity (Wildman–Crippen MR) is 56.1 cm³/mol. The third kappa shape index (κ3) is 2.77. The average Bonchev–Trinajstić information content (AvgIpc) is 2.25. The Balaban J connectivity index is 3.53. The van der Waals surface area contributed by atoms with Gasteiger partial charge in [-0.3, -0.25) is 4.79 Å². The van der Waals surface area contributed by atoms with Crippen LogP contribution in [-0.2, 0) is 6.18 Å². The molecule has 0 radical (unpaired) electrons. The summed E-state index contributed by atoms with van der Waals surface area (Å²) in [5, 5.41) is -0.174. The van der Waals surface area contributed by atoms with Gasteiger partial charge in [0.1, 0.15) is 17.1 Å². The highest BCUT2D eigenvalue weighted by molar-refractivity contribution is 9.09. The Morgan fingerprint density at radius 1 is 1.41 bits per heavy atom. The molecule has 0 aliphatic heterocycles. The molecule has 1 rings (SSSR count). The number of Topliss-reactive ketones (excluding diaryl/α,β-unsaturated/α-hetero) is 1. The van der Waals surface area contributed by atoms with E-state index in [1.807, 2.05) is 0 Å². The van der Waals surface area contributed by atoms with Crippen LogP contribution in [0.1, 0.15) is 15.9 Å². The quantitative estimate of drug-likeness (QED) is 0.485. The topological polar surface area (TPSA) is 26.3 Å². The van der Waals surface area contributed by atoms with Gasteiger partial charge in [-0.1, -0.05) is 15.9 Å². The highest BCUT2D eigenvalue weighted by Gasteiger charge is 2.39. The SMILES string of the molecule is COc1c(C(=O)CBr)ccc(F)c1C(F)(F)F. The van der Waals surface area contributed by atoms with Crippen LogP contribution in [0.4, 0.5) is 17.6 Å². The molecule has 0 heterocycles. The Morgan fingerprint density at radius 2 is 2.00 bits per heavy atom. The van der Waals surface area contributed by atoms with Crippen molar-refractivity contribution < 1.29 is 27.1 Å². The zero-order chi connectivity index (χ0) is 13.2. The second-order valence-electron chi connectivity index (χ2n) is 3.06. The van der Waals surface area contributed by atoms with Gasteiger partial charge in [0, 0.05) is 0 Å². The van der Waals surface area contributed by atoms with Gasteiger partial charge < -0.3 is 4.74 Å². The molecule has 94 valence electrons. The van der Waals surface area contributed by atoms with Crippen LogP contribution < -0.4 is 4.74 Å². The summed E-state index contributed by atoms with van der Waals surface area (Å²) in [5.41, 5.74) is -1.87. The zero-order valence-corrected chi connectivity index (χ0v) is 10.2. The van der Waals surface area contributed by atoms with Crippen molar-refractivity contribution in [3.8, 4) is 5.75 Å². The summed E-state index contributed by atoms with van der Waals surface area (Å²) in [4.78, 5) is 11.4. The smallest absolute Gasteiger partial charge is 0.422 e. The normalized spacial score (nSPS) is 11.4. The molecular weight excluding hydrogens is 308 g/mol. The van der Waals surface area contributed by atoms with E-state index in [0.717, 1.165) is 13.2 Å². The maximum absolute atomic E-state index is 13.2. The highest BCUT2D eigenvalue weighted by Crippen LogP contribution is 2.40. The van der Waals surface area contributed by atoms with Crippen LogP contribution in [-0.4, -0.2) is 18.2 Å². The summed E-state index contributed by atoms with van der Waals surface area (Å²) in [6, 6.07) is 1.56. The molecule has 0 saturated heterocycles. The van der Waals surface area contributed by atoms with Crippen molar-refractivity contribution in [1.29, 1.82) is 0 Å². The molecule has 0 unspecified atom stereocenters. The van der Waals surface area contributed by atoms with Crippen LogP contribution in [0.3, 0.4) is 0 Å². The summed E-state index contributed by atoms with van der Waals surface area (Å²) < 4.78 is 55.5. The molecule has 0 aliphatic rings. The fraction of sp³-hybridized carbons (Fsp3) is 0.300. The minimum Gasteiger partial charge on any atom is -0.495 e. The lowest BCUT2D eigenvalue weighted by Crippen LogP contribution is -2.14. The number of carbonyl (C=O) groups is 1. The first-order chi connectivity index (χ1) is 7.82. The number of alkyl halides is 4. The fourth-order valence-corrected chi connectivity index (χ4v) is 1.63. The first-order valence-corrected chi connectivity index (χ1v) is 5.48. The molecule has 0 N–H and O–H groups in total. The Kier molecular flexibility index (Phi) is 4.13. The van der Waals surface area contributed by atoms with Gasteiger partial charge in [0.15, 0.2) is 5.78 Å². The van der Waals surface area contributed by atoms with Gasteiger partial charge >= 0.3 is 6.18 Å². The van der Waals surface area contributed by atoms with Gasteiger partial charge in [0.2, 0.25) is 0 Å². The Hall–Kier alpha value is -1.11. The van der Waals surface area contributed by atoms with E-state index in [-0.39, 0.29) is 10.9 Å². The molecule has 0 fully saturated rings. The van der Waals surface area contributed by atoms with Gasteiger partial charge in [-0.05, 0) is 12.1 Å². The van der Waals surface area contributed by atoms with E-state index in [2.05, 4.69) is 20.7 Å². The van der Waals surface area contributed by atoms with E-state index in [9.17, 15) is 22.4 Å². The minimum absolute atomic E-state index is 0.174. The number of hydrogen-bond donors (Lipinski definition) is 0. The van der Waals surface area contributed by atoms with E-state index in [0.29, 0.717) is 6.07 Å². The number of benzene rings is 1. The van der Waals surface area contributed by atoms with Crippen molar-refractivity contribution in [2.75, 3.05) is 12.4 Å². The molecule has 2 nitrogen and oxygen atoms in total. The largest absolute Gasteiger partial charge is 0.495 e. The molecule has 0 spiro atoms. The van der Waals surface area contributed by atoms with Gasteiger partial charge in [-0.15, -0.1) is 0 Å². The summed E-state index contributed by atoms with van der Waals surface area (Å²) in [7, 11) is 0.953. The Bertz CT molecular complexity index is 443.